The van der Waals surface area contributed by atoms with Crippen molar-refractivity contribution in [2.24, 2.45) is 11.7 Å². The molecule has 0 saturated heterocycles. The van der Waals surface area contributed by atoms with E-state index in [0.29, 0.717) is 63.2 Å². The predicted octanol–water partition coefficient (Wildman–Crippen LogP) is 4.81. The van der Waals surface area contributed by atoms with Gasteiger partial charge in [-0.3, -0.25) is 14.3 Å². The fraction of sp³-hybridized carbons (Fsp3) is 0.188. The minimum absolute atomic E-state index is 0.150. The van der Waals surface area contributed by atoms with E-state index in [1.165, 1.54) is 22.9 Å². The number of benzene rings is 2. The van der Waals surface area contributed by atoms with Crippen LogP contribution in [-0.2, 0) is 19.5 Å². The van der Waals surface area contributed by atoms with E-state index in [0.717, 1.165) is 5.56 Å². The second kappa shape index (κ2) is 11.0. The van der Waals surface area contributed by atoms with Gasteiger partial charge in [-0.05, 0) is 59.9 Å². The highest BCUT2D eigenvalue weighted by Gasteiger charge is 2.24. The summed E-state index contributed by atoms with van der Waals surface area (Å²) in [4.78, 5) is 34.9. The summed E-state index contributed by atoms with van der Waals surface area (Å²) in [6.07, 6.45) is 3.58. The molecule has 0 unspecified atom stereocenters. The molecule has 0 atom stereocenters. The summed E-state index contributed by atoms with van der Waals surface area (Å²) in [5.41, 5.74) is 11.2. The number of nitrogens with two attached hydrogens (primary N) is 1. The molecule has 4 heterocycles. The quantitative estimate of drug-likeness (QED) is 0.274. The lowest BCUT2D eigenvalue weighted by Crippen LogP contribution is -2.18. The van der Waals surface area contributed by atoms with Crippen molar-refractivity contribution in [2.75, 3.05) is 0 Å². The molecule has 0 bridgehead atoms. The van der Waals surface area contributed by atoms with Crippen molar-refractivity contribution < 1.29 is 13.6 Å². The monoisotopic (exact) mass is 575 g/mol. The van der Waals surface area contributed by atoms with E-state index < -0.39 is 11.7 Å². The van der Waals surface area contributed by atoms with Crippen LogP contribution in [0.3, 0.4) is 0 Å². The van der Waals surface area contributed by atoms with Crippen molar-refractivity contribution in [1.82, 2.24) is 24.3 Å². The van der Waals surface area contributed by atoms with Crippen molar-refractivity contribution >= 4 is 28.0 Å². The Labute approximate surface area is 244 Å². The van der Waals surface area contributed by atoms with Crippen molar-refractivity contribution in [3.8, 4) is 17.2 Å². The third kappa shape index (κ3) is 5.26. The summed E-state index contributed by atoms with van der Waals surface area (Å²) < 4.78 is 22.3. The first-order chi connectivity index (χ1) is 20.7. The number of hydrogen-bond acceptors (Lipinski definition) is 7. The van der Waals surface area contributed by atoms with E-state index in [2.05, 4.69) is 10.1 Å². The Morgan fingerprint density at radius 1 is 1.09 bits per heavy atom. The zero-order valence-electron chi connectivity index (χ0n) is 23.4. The lowest BCUT2D eigenvalue weighted by molar-refractivity contribution is 0.0999. The van der Waals surface area contributed by atoms with Crippen LogP contribution in [0, 0.1) is 23.1 Å². The van der Waals surface area contributed by atoms with Crippen LogP contribution in [0.4, 0.5) is 4.39 Å². The van der Waals surface area contributed by atoms with Gasteiger partial charge in [0.1, 0.15) is 11.9 Å². The highest BCUT2D eigenvalue weighted by atomic mass is 19.1. The van der Waals surface area contributed by atoms with Crippen LogP contribution in [0.5, 0.6) is 0 Å². The number of carbonyl (C=O) groups is 1. The van der Waals surface area contributed by atoms with Crippen LogP contribution in [0.25, 0.3) is 33.3 Å². The molecule has 6 aromatic rings. The van der Waals surface area contributed by atoms with Crippen molar-refractivity contribution in [2.45, 2.75) is 33.4 Å². The maximum Gasteiger partial charge on any atom is 0.420 e. The highest BCUT2D eigenvalue weighted by Crippen LogP contribution is 2.35. The molecule has 0 aliphatic rings. The first kappa shape index (κ1) is 27.5. The number of nitriles is 1. The maximum atomic E-state index is 13.5. The molecule has 10 nitrogen and oxygen atoms in total. The average molecular weight is 576 g/mol. The van der Waals surface area contributed by atoms with Gasteiger partial charge in [-0.2, -0.15) is 10.4 Å². The third-order valence-electron chi connectivity index (χ3n) is 7.18. The van der Waals surface area contributed by atoms with Crippen LogP contribution in [0.15, 0.2) is 76.2 Å². The van der Waals surface area contributed by atoms with Gasteiger partial charge >= 0.3 is 5.76 Å². The number of primary amides is 1. The average Bonchev–Trinajstić information content (AvgIpc) is 3.52. The van der Waals surface area contributed by atoms with Gasteiger partial charge in [0.15, 0.2) is 11.2 Å². The maximum absolute atomic E-state index is 13.5. The number of rotatable bonds is 8. The van der Waals surface area contributed by atoms with Crippen LogP contribution in [-0.4, -0.2) is 30.2 Å². The molecule has 43 heavy (non-hydrogen) atoms. The molecular weight excluding hydrogens is 549 g/mol. The van der Waals surface area contributed by atoms with Crippen LogP contribution >= 0.6 is 0 Å². The second-order valence-corrected chi connectivity index (χ2v) is 10.7. The summed E-state index contributed by atoms with van der Waals surface area (Å²) in [6.45, 7) is 4.54. The Balaban J connectivity index is 1.50. The van der Waals surface area contributed by atoms with E-state index >= 15 is 0 Å². The van der Waals surface area contributed by atoms with Crippen molar-refractivity contribution in [3.63, 3.8) is 0 Å². The molecule has 0 saturated carbocycles. The molecule has 11 heteroatoms. The Hall–Kier alpha value is -5.63. The number of oxazole rings is 1. The fourth-order valence-corrected chi connectivity index (χ4v) is 5.23. The van der Waals surface area contributed by atoms with E-state index in [1.54, 1.807) is 53.3 Å². The number of nitrogens with zero attached hydrogens (tertiary/aromatic N) is 6. The second-order valence-electron chi connectivity index (χ2n) is 10.7. The van der Waals surface area contributed by atoms with Gasteiger partial charge in [0, 0.05) is 17.1 Å². The van der Waals surface area contributed by atoms with Gasteiger partial charge in [0.2, 0.25) is 0 Å². The molecule has 6 rings (SSSR count). The normalized spacial score (nSPS) is 11.4. The molecule has 0 aliphatic carbocycles. The van der Waals surface area contributed by atoms with Gasteiger partial charge in [0.25, 0.3) is 5.91 Å². The topological polar surface area (TPSA) is 146 Å². The number of pyridine rings is 2. The molecule has 0 fully saturated rings. The SMILES string of the molecule is CC(C)Cc1nc2c(cnn2Cc2ccc(F)cc2)c(-c2ccc3c(c2)oc(=O)n3Cc2ccc(C#N)cn2)c1C(N)=O. The summed E-state index contributed by atoms with van der Waals surface area (Å²) in [6, 6.07) is 16.8. The number of aromatic nitrogens is 5. The lowest BCUT2D eigenvalue weighted by atomic mass is 9.92. The molecule has 1 amide bonds. The number of halogens is 1. The molecule has 4 aromatic heterocycles. The number of carbonyl (C=O) groups excluding carboxylic acids is 1. The Kier molecular flexibility index (Phi) is 7.03. The number of fused-ring (bicyclic) bond motifs is 2. The molecular formula is C32H26FN7O3. The predicted molar refractivity (Wildman–Crippen MR) is 158 cm³/mol. The Morgan fingerprint density at radius 2 is 1.88 bits per heavy atom. The minimum Gasteiger partial charge on any atom is -0.408 e. The lowest BCUT2D eigenvalue weighted by Gasteiger charge is -2.16. The Bertz CT molecular complexity index is 2100. The van der Waals surface area contributed by atoms with Gasteiger partial charge in [-0.25, -0.2) is 18.9 Å². The zero-order valence-corrected chi connectivity index (χ0v) is 23.4. The zero-order chi connectivity index (χ0) is 30.2. The molecule has 2 aromatic carbocycles. The Morgan fingerprint density at radius 3 is 2.56 bits per heavy atom. The van der Waals surface area contributed by atoms with Gasteiger partial charge in [-0.1, -0.05) is 32.0 Å². The van der Waals surface area contributed by atoms with Gasteiger partial charge < -0.3 is 10.2 Å². The largest absolute Gasteiger partial charge is 0.420 e. The van der Waals surface area contributed by atoms with E-state index in [9.17, 15) is 14.0 Å². The molecule has 0 spiro atoms. The third-order valence-corrected chi connectivity index (χ3v) is 7.18. The van der Waals surface area contributed by atoms with Gasteiger partial charge in [-0.15, -0.1) is 0 Å². The van der Waals surface area contributed by atoms with E-state index in [1.807, 2.05) is 19.9 Å². The first-order valence-corrected chi connectivity index (χ1v) is 13.6. The van der Waals surface area contributed by atoms with E-state index in [-0.39, 0.29) is 23.8 Å². The smallest absolute Gasteiger partial charge is 0.408 e. The number of hydrogen-bond donors (Lipinski definition) is 1. The van der Waals surface area contributed by atoms with Crippen LogP contribution in [0.2, 0.25) is 0 Å². The standard InChI is InChI=1S/C32H26FN7O3/c1-18(2)11-25-29(30(35)41)28(24-15-37-40(31(24)38-25)16-19-3-7-22(33)8-4-19)21-6-10-26-27(12-21)43-32(42)39(26)17-23-9-5-20(13-34)14-36-23/h3-10,12,14-15,18H,11,16-17H2,1-2H3,(H2,35,41). The van der Waals surface area contributed by atoms with Crippen LogP contribution in [0.1, 0.15) is 46.7 Å². The molecule has 0 radical (unpaired) electrons. The number of amides is 1. The summed E-state index contributed by atoms with van der Waals surface area (Å²) in [5, 5.41) is 14.2. The highest BCUT2D eigenvalue weighted by molar-refractivity contribution is 6.09. The summed E-state index contributed by atoms with van der Waals surface area (Å²) in [7, 11) is 0. The van der Waals surface area contributed by atoms with Gasteiger partial charge in [0.05, 0.1) is 47.3 Å². The molecule has 0 aliphatic heterocycles. The molecule has 2 N–H and O–H groups in total. The first-order valence-electron chi connectivity index (χ1n) is 13.6. The van der Waals surface area contributed by atoms with Crippen molar-refractivity contribution in [3.05, 3.63) is 111 Å². The van der Waals surface area contributed by atoms with E-state index in [4.69, 9.17) is 20.4 Å². The minimum atomic E-state index is -0.627. The summed E-state index contributed by atoms with van der Waals surface area (Å²) in [5.74, 6) is -1.35. The summed E-state index contributed by atoms with van der Waals surface area (Å²) >= 11 is 0. The molecule has 214 valence electrons. The van der Waals surface area contributed by atoms with Crippen molar-refractivity contribution in [1.29, 1.82) is 5.26 Å². The fourth-order valence-electron chi connectivity index (χ4n) is 5.23. The van der Waals surface area contributed by atoms with Crippen LogP contribution < -0.4 is 11.5 Å².